The zero-order valence-electron chi connectivity index (χ0n) is 10.3. The smallest absolute Gasteiger partial charge is 0.238 e. The van der Waals surface area contributed by atoms with Crippen molar-refractivity contribution >= 4 is 24.0 Å². The molecule has 0 aliphatic carbocycles. The van der Waals surface area contributed by atoms with Crippen LogP contribution in [-0.4, -0.2) is 12.5 Å². The molecule has 19 heavy (non-hydrogen) atoms. The number of carbonyl (C=O) groups is 1. The van der Waals surface area contributed by atoms with E-state index in [4.69, 9.17) is 0 Å². The molecule has 2 aromatic rings. The van der Waals surface area contributed by atoms with Gasteiger partial charge in [-0.15, -0.1) is 12.4 Å². The number of nitrogens with one attached hydrogen (secondary N) is 2. The van der Waals surface area contributed by atoms with Crippen LogP contribution in [0.1, 0.15) is 17.2 Å². The van der Waals surface area contributed by atoms with Gasteiger partial charge in [-0.25, -0.2) is 0 Å². The SMILES string of the molecule is Cl.O=C1CN[C@H](c2ccccc2)c2ccccc2N1. The molecule has 3 rings (SSSR count). The number of carbonyl (C=O) groups excluding carboxylic acids is 1. The van der Waals surface area contributed by atoms with Gasteiger partial charge in [0.1, 0.15) is 0 Å². The van der Waals surface area contributed by atoms with Gasteiger partial charge in [0.2, 0.25) is 5.91 Å². The van der Waals surface area contributed by atoms with E-state index in [1.165, 1.54) is 5.56 Å². The van der Waals surface area contributed by atoms with Gasteiger partial charge in [-0.1, -0.05) is 48.5 Å². The van der Waals surface area contributed by atoms with Crippen LogP contribution in [-0.2, 0) is 4.79 Å². The van der Waals surface area contributed by atoms with Crippen LogP contribution >= 0.6 is 12.4 Å². The third kappa shape index (κ3) is 2.78. The van der Waals surface area contributed by atoms with Crippen LogP contribution in [0.4, 0.5) is 5.69 Å². The quantitative estimate of drug-likeness (QED) is 0.840. The van der Waals surface area contributed by atoms with Gasteiger partial charge in [0, 0.05) is 5.69 Å². The predicted molar refractivity (Wildman–Crippen MR) is 78.6 cm³/mol. The molecular weight excluding hydrogens is 260 g/mol. The second kappa shape index (κ2) is 5.87. The highest BCUT2D eigenvalue weighted by atomic mass is 35.5. The van der Waals surface area contributed by atoms with E-state index in [1.807, 2.05) is 42.5 Å². The lowest BCUT2D eigenvalue weighted by Crippen LogP contribution is -2.27. The average Bonchev–Trinajstić information content (AvgIpc) is 2.58. The molecule has 4 heteroatoms. The molecule has 0 radical (unpaired) electrons. The number of rotatable bonds is 1. The predicted octanol–water partition coefficient (Wildman–Crippen LogP) is 2.74. The Morgan fingerprint density at radius 1 is 0.947 bits per heavy atom. The monoisotopic (exact) mass is 274 g/mol. The molecule has 0 aromatic heterocycles. The van der Waals surface area contributed by atoms with E-state index in [0.29, 0.717) is 6.54 Å². The molecule has 2 N–H and O–H groups in total. The van der Waals surface area contributed by atoms with E-state index in [2.05, 4.69) is 22.8 Å². The molecule has 0 saturated heterocycles. The molecule has 0 saturated carbocycles. The lowest BCUT2D eigenvalue weighted by Gasteiger charge is -2.18. The van der Waals surface area contributed by atoms with E-state index in [9.17, 15) is 4.79 Å². The summed E-state index contributed by atoms with van der Waals surface area (Å²) in [4.78, 5) is 11.6. The van der Waals surface area contributed by atoms with Gasteiger partial charge in [0.05, 0.1) is 12.6 Å². The second-order valence-electron chi connectivity index (χ2n) is 4.36. The summed E-state index contributed by atoms with van der Waals surface area (Å²) < 4.78 is 0. The Kier molecular flexibility index (Phi) is 4.20. The molecule has 1 aliphatic rings. The second-order valence-corrected chi connectivity index (χ2v) is 4.36. The van der Waals surface area contributed by atoms with Gasteiger partial charge in [-0.3, -0.25) is 10.1 Å². The number of fused-ring (bicyclic) bond motifs is 1. The van der Waals surface area contributed by atoms with E-state index in [-0.39, 0.29) is 24.4 Å². The average molecular weight is 275 g/mol. The van der Waals surface area contributed by atoms with Crippen LogP contribution in [0.15, 0.2) is 54.6 Å². The molecule has 2 aromatic carbocycles. The third-order valence-corrected chi connectivity index (χ3v) is 3.15. The fourth-order valence-corrected chi connectivity index (χ4v) is 2.30. The van der Waals surface area contributed by atoms with E-state index >= 15 is 0 Å². The van der Waals surface area contributed by atoms with Gasteiger partial charge >= 0.3 is 0 Å². The third-order valence-electron chi connectivity index (χ3n) is 3.15. The Morgan fingerprint density at radius 3 is 2.42 bits per heavy atom. The summed E-state index contributed by atoms with van der Waals surface area (Å²) in [6.07, 6.45) is 0. The van der Waals surface area contributed by atoms with E-state index in [1.54, 1.807) is 0 Å². The molecule has 0 spiro atoms. The Morgan fingerprint density at radius 2 is 1.63 bits per heavy atom. The summed E-state index contributed by atoms with van der Waals surface area (Å²) in [5.41, 5.74) is 3.16. The standard InChI is InChI=1S/C15H14N2O.ClH/c18-14-10-16-15(11-6-2-1-3-7-11)12-8-4-5-9-13(12)17-14;/h1-9,15-16H,10H2,(H,17,18);1H/t15-;/m1./s1. The number of hydrogen-bond donors (Lipinski definition) is 2. The summed E-state index contributed by atoms with van der Waals surface area (Å²) >= 11 is 0. The van der Waals surface area contributed by atoms with Crippen LogP contribution < -0.4 is 10.6 Å². The number of anilines is 1. The molecule has 0 unspecified atom stereocenters. The highest BCUT2D eigenvalue weighted by Crippen LogP contribution is 2.29. The summed E-state index contributed by atoms with van der Waals surface area (Å²) in [6.45, 7) is 0.328. The molecule has 1 heterocycles. The minimum Gasteiger partial charge on any atom is -0.325 e. The zero-order valence-corrected chi connectivity index (χ0v) is 11.1. The molecule has 3 nitrogen and oxygen atoms in total. The van der Waals surface area contributed by atoms with Crippen LogP contribution in [0.25, 0.3) is 0 Å². The first-order chi connectivity index (χ1) is 8.84. The lowest BCUT2D eigenvalue weighted by molar-refractivity contribution is -0.115. The van der Waals surface area contributed by atoms with Gasteiger partial charge in [0.25, 0.3) is 0 Å². The van der Waals surface area contributed by atoms with Crippen molar-refractivity contribution < 1.29 is 4.79 Å². The summed E-state index contributed by atoms with van der Waals surface area (Å²) in [5, 5.41) is 6.21. The Balaban J connectivity index is 0.00000133. The largest absolute Gasteiger partial charge is 0.325 e. The zero-order chi connectivity index (χ0) is 12.4. The topological polar surface area (TPSA) is 41.1 Å². The minimum atomic E-state index is 0. The van der Waals surface area contributed by atoms with Crippen molar-refractivity contribution in [1.82, 2.24) is 5.32 Å². The van der Waals surface area contributed by atoms with Crippen molar-refractivity contribution in [3.05, 3.63) is 65.7 Å². The molecule has 1 aliphatic heterocycles. The number of para-hydroxylation sites is 1. The first-order valence-corrected chi connectivity index (χ1v) is 6.02. The summed E-state index contributed by atoms with van der Waals surface area (Å²) in [7, 11) is 0. The summed E-state index contributed by atoms with van der Waals surface area (Å²) in [6, 6.07) is 18.1. The van der Waals surface area contributed by atoms with Crippen molar-refractivity contribution in [2.75, 3.05) is 11.9 Å². The van der Waals surface area contributed by atoms with Gasteiger partial charge in [-0.05, 0) is 17.2 Å². The fraction of sp³-hybridized carbons (Fsp3) is 0.133. The van der Waals surface area contributed by atoms with Gasteiger partial charge in [-0.2, -0.15) is 0 Å². The molecule has 0 bridgehead atoms. The van der Waals surface area contributed by atoms with E-state index < -0.39 is 0 Å². The van der Waals surface area contributed by atoms with Crippen LogP contribution in [0.3, 0.4) is 0 Å². The van der Waals surface area contributed by atoms with Crippen molar-refractivity contribution in [3.8, 4) is 0 Å². The normalized spacial score (nSPS) is 17.7. The van der Waals surface area contributed by atoms with Gasteiger partial charge < -0.3 is 5.32 Å². The highest BCUT2D eigenvalue weighted by Gasteiger charge is 2.21. The van der Waals surface area contributed by atoms with Crippen LogP contribution in [0, 0.1) is 0 Å². The van der Waals surface area contributed by atoms with Crippen molar-refractivity contribution in [3.63, 3.8) is 0 Å². The number of halogens is 1. The fourth-order valence-electron chi connectivity index (χ4n) is 2.30. The van der Waals surface area contributed by atoms with Crippen molar-refractivity contribution in [1.29, 1.82) is 0 Å². The molecule has 1 amide bonds. The molecule has 0 fully saturated rings. The van der Waals surface area contributed by atoms with Crippen molar-refractivity contribution in [2.45, 2.75) is 6.04 Å². The Bertz CT molecular complexity index is 571. The van der Waals surface area contributed by atoms with E-state index in [0.717, 1.165) is 11.3 Å². The maximum absolute atomic E-state index is 11.6. The summed E-state index contributed by atoms with van der Waals surface area (Å²) in [5.74, 6) is 0.000816. The Labute approximate surface area is 118 Å². The van der Waals surface area contributed by atoms with Gasteiger partial charge in [0.15, 0.2) is 0 Å². The van der Waals surface area contributed by atoms with Crippen LogP contribution in [0.5, 0.6) is 0 Å². The minimum absolute atomic E-state index is 0. The molecular formula is C15H15ClN2O. The number of benzene rings is 2. The first-order valence-electron chi connectivity index (χ1n) is 6.02. The first kappa shape index (κ1) is 13.6. The van der Waals surface area contributed by atoms with Crippen molar-refractivity contribution in [2.24, 2.45) is 0 Å². The molecule has 1 atom stereocenters. The Hall–Kier alpha value is -1.84. The highest BCUT2D eigenvalue weighted by molar-refractivity contribution is 5.94. The maximum Gasteiger partial charge on any atom is 0.238 e. The molecule has 98 valence electrons. The maximum atomic E-state index is 11.6. The number of hydrogen-bond acceptors (Lipinski definition) is 2. The van der Waals surface area contributed by atoms with Crippen LogP contribution in [0.2, 0.25) is 0 Å². The number of amides is 1. The lowest BCUT2D eigenvalue weighted by atomic mass is 9.97.